The second kappa shape index (κ2) is 6.10. The minimum atomic E-state index is -0.108. The summed E-state index contributed by atoms with van der Waals surface area (Å²) in [7, 11) is 0. The maximum atomic E-state index is 12.4. The Hall–Kier alpha value is -2.14. The Bertz CT molecular complexity index is 801. The average molecular weight is 297 g/mol. The Morgan fingerprint density at radius 1 is 1.05 bits per heavy atom. The molecular formula is C16H15N3OS. The fourth-order valence-corrected chi connectivity index (χ4v) is 2.67. The van der Waals surface area contributed by atoms with E-state index >= 15 is 0 Å². The molecule has 1 heterocycles. The maximum absolute atomic E-state index is 12.4. The molecule has 0 radical (unpaired) electrons. The van der Waals surface area contributed by atoms with Crippen LogP contribution in [0.2, 0.25) is 0 Å². The lowest BCUT2D eigenvalue weighted by atomic mass is 10.0. The lowest BCUT2D eigenvalue weighted by Crippen LogP contribution is -2.27. The van der Waals surface area contributed by atoms with Crippen molar-refractivity contribution in [2.45, 2.75) is 12.5 Å². The highest BCUT2D eigenvalue weighted by Crippen LogP contribution is 2.18. The normalized spacial score (nSPS) is 12.4. The molecule has 0 aliphatic heterocycles. The van der Waals surface area contributed by atoms with Crippen LogP contribution in [0.4, 0.5) is 0 Å². The molecule has 3 aromatic rings. The van der Waals surface area contributed by atoms with Crippen LogP contribution in [-0.2, 0) is 6.54 Å². The van der Waals surface area contributed by atoms with Crippen LogP contribution in [0.1, 0.15) is 11.5 Å². The van der Waals surface area contributed by atoms with E-state index in [1.165, 1.54) is 4.68 Å². The van der Waals surface area contributed by atoms with Gasteiger partial charge in [-0.2, -0.15) is 12.6 Å². The zero-order valence-corrected chi connectivity index (χ0v) is 12.3. The minimum absolute atomic E-state index is 0.108. The highest BCUT2D eigenvalue weighted by Gasteiger charge is 2.13. The van der Waals surface area contributed by atoms with E-state index in [4.69, 9.17) is 0 Å². The molecule has 1 unspecified atom stereocenters. The first kappa shape index (κ1) is 13.8. The largest absolute Gasteiger partial charge is 0.277 e. The Balaban J connectivity index is 1.97. The van der Waals surface area contributed by atoms with Crippen molar-refractivity contribution in [3.8, 4) is 0 Å². The van der Waals surface area contributed by atoms with Gasteiger partial charge in [0, 0.05) is 5.92 Å². The summed E-state index contributed by atoms with van der Waals surface area (Å²) < 4.78 is 1.43. The van der Waals surface area contributed by atoms with Crippen LogP contribution in [0.5, 0.6) is 0 Å². The number of aromatic nitrogens is 3. The number of hydrogen-bond donors (Lipinski definition) is 1. The van der Waals surface area contributed by atoms with Gasteiger partial charge in [-0.05, 0) is 23.4 Å². The van der Waals surface area contributed by atoms with Gasteiger partial charge < -0.3 is 0 Å². The summed E-state index contributed by atoms with van der Waals surface area (Å²) in [6.07, 6.45) is 0. The van der Waals surface area contributed by atoms with Gasteiger partial charge in [0.15, 0.2) is 0 Å². The fraction of sp³-hybridized carbons (Fsp3) is 0.188. The van der Waals surface area contributed by atoms with Crippen molar-refractivity contribution in [2.75, 3.05) is 5.75 Å². The third kappa shape index (κ3) is 2.83. The highest BCUT2D eigenvalue weighted by molar-refractivity contribution is 7.80. The van der Waals surface area contributed by atoms with Crippen molar-refractivity contribution in [1.29, 1.82) is 0 Å². The molecule has 0 amide bonds. The summed E-state index contributed by atoms with van der Waals surface area (Å²) in [6.45, 7) is 0.476. The van der Waals surface area contributed by atoms with Crippen LogP contribution in [-0.4, -0.2) is 20.7 Å². The molecule has 0 N–H and O–H groups in total. The molecule has 0 fully saturated rings. The Morgan fingerprint density at radius 3 is 2.52 bits per heavy atom. The van der Waals surface area contributed by atoms with Gasteiger partial charge in [0.1, 0.15) is 5.52 Å². The van der Waals surface area contributed by atoms with Crippen molar-refractivity contribution < 1.29 is 0 Å². The molecule has 106 valence electrons. The van der Waals surface area contributed by atoms with Crippen LogP contribution in [0, 0.1) is 0 Å². The maximum Gasteiger partial charge on any atom is 0.277 e. The topological polar surface area (TPSA) is 47.8 Å². The van der Waals surface area contributed by atoms with E-state index in [0.717, 1.165) is 5.56 Å². The molecule has 0 bridgehead atoms. The summed E-state index contributed by atoms with van der Waals surface area (Å²) in [4.78, 5) is 12.4. The third-order valence-electron chi connectivity index (χ3n) is 3.51. The molecule has 1 aromatic heterocycles. The smallest absolute Gasteiger partial charge is 0.267 e. The molecular weight excluding hydrogens is 282 g/mol. The van der Waals surface area contributed by atoms with Gasteiger partial charge in [-0.15, -0.1) is 5.10 Å². The van der Waals surface area contributed by atoms with E-state index in [9.17, 15) is 4.79 Å². The van der Waals surface area contributed by atoms with E-state index in [1.807, 2.05) is 42.5 Å². The summed E-state index contributed by atoms with van der Waals surface area (Å²) in [6, 6.07) is 17.3. The number of benzene rings is 2. The quantitative estimate of drug-likeness (QED) is 0.753. The summed E-state index contributed by atoms with van der Waals surface area (Å²) in [5.74, 6) is 0.771. The lowest BCUT2D eigenvalue weighted by Gasteiger charge is -2.15. The molecule has 0 saturated carbocycles. The van der Waals surface area contributed by atoms with Crippen molar-refractivity contribution in [2.24, 2.45) is 0 Å². The zero-order chi connectivity index (χ0) is 14.7. The number of rotatable bonds is 4. The van der Waals surface area contributed by atoms with E-state index in [-0.39, 0.29) is 11.5 Å². The van der Waals surface area contributed by atoms with Gasteiger partial charge in [-0.25, -0.2) is 4.68 Å². The van der Waals surface area contributed by atoms with Crippen LogP contribution >= 0.6 is 12.6 Å². The van der Waals surface area contributed by atoms with E-state index in [0.29, 0.717) is 23.2 Å². The predicted octanol–water partition coefficient (Wildman–Crippen LogP) is 2.51. The van der Waals surface area contributed by atoms with Crippen molar-refractivity contribution in [1.82, 2.24) is 15.0 Å². The summed E-state index contributed by atoms with van der Waals surface area (Å²) in [5.41, 5.74) is 1.67. The Labute approximate surface area is 127 Å². The third-order valence-corrected chi connectivity index (χ3v) is 3.95. The predicted molar refractivity (Wildman–Crippen MR) is 86.8 cm³/mol. The van der Waals surface area contributed by atoms with Crippen LogP contribution in [0.3, 0.4) is 0 Å². The van der Waals surface area contributed by atoms with Gasteiger partial charge in [0.2, 0.25) is 0 Å². The average Bonchev–Trinajstić information content (AvgIpc) is 2.55. The number of hydrogen-bond acceptors (Lipinski definition) is 4. The first-order valence-corrected chi connectivity index (χ1v) is 7.41. The molecule has 1 atom stereocenters. The standard InChI is InChI=1S/C16H15N3OS/c20-16-14-8-4-5-9-15(14)17-18-19(16)10-13(11-21)12-6-2-1-3-7-12/h1-9,13,21H,10-11H2. The molecule has 0 aliphatic carbocycles. The Morgan fingerprint density at radius 2 is 1.76 bits per heavy atom. The van der Waals surface area contributed by atoms with Gasteiger partial charge in [0.05, 0.1) is 11.9 Å². The first-order valence-electron chi connectivity index (χ1n) is 6.78. The number of thiol groups is 1. The van der Waals surface area contributed by atoms with Crippen molar-refractivity contribution in [3.05, 3.63) is 70.5 Å². The van der Waals surface area contributed by atoms with Crippen LogP contribution in [0.15, 0.2) is 59.4 Å². The SMILES string of the molecule is O=c1c2ccccc2nnn1CC(CS)c1ccccc1. The lowest BCUT2D eigenvalue weighted by molar-refractivity contribution is 0.502. The van der Waals surface area contributed by atoms with Crippen molar-refractivity contribution >= 4 is 23.5 Å². The molecule has 5 heteroatoms. The zero-order valence-electron chi connectivity index (χ0n) is 11.4. The van der Waals surface area contributed by atoms with Crippen LogP contribution in [0.25, 0.3) is 10.9 Å². The van der Waals surface area contributed by atoms with Gasteiger partial charge >= 0.3 is 0 Å². The summed E-state index contributed by atoms with van der Waals surface area (Å²) >= 11 is 4.40. The van der Waals surface area contributed by atoms with E-state index < -0.39 is 0 Å². The Kier molecular flexibility index (Phi) is 4.01. The molecule has 3 rings (SSSR count). The molecule has 0 spiro atoms. The minimum Gasteiger partial charge on any atom is -0.267 e. The van der Waals surface area contributed by atoms with Gasteiger partial charge in [-0.3, -0.25) is 4.79 Å². The van der Waals surface area contributed by atoms with Gasteiger partial charge in [-0.1, -0.05) is 47.7 Å². The first-order chi connectivity index (χ1) is 10.3. The molecule has 0 saturated heterocycles. The molecule has 21 heavy (non-hydrogen) atoms. The summed E-state index contributed by atoms with van der Waals surface area (Å²) in [5, 5.41) is 8.75. The number of nitrogens with zero attached hydrogens (tertiary/aromatic N) is 3. The monoisotopic (exact) mass is 297 g/mol. The highest BCUT2D eigenvalue weighted by atomic mass is 32.1. The van der Waals surface area contributed by atoms with Crippen LogP contribution < -0.4 is 5.56 Å². The van der Waals surface area contributed by atoms with E-state index in [2.05, 4.69) is 22.9 Å². The molecule has 0 aliphatic rings. The fourth-order valence-electron chi connectivity index (χ4n) is 2.35. The van der Waals surface area contributed by atoms with E-state index in [1.54, 1.807) is 12.1 Å². The number of fused-ring (bicyclic) bond motifs is 1. The second-order valence-electron chi connectivity index (χ2n) is 4.88. The second-order valence-corrected chi connectivity index (χ2v) is 5.25. The van der Waals surface area contributed by atoms with Crippen molar-refractivity contribution in [3.63, 3.8) is 0 Å². The molecule has 2 aromatic carbocycles. The molecule has 4 nitrogen and oxygen atoms in total. The van der Waals surface area contributed by atoms with Gasteiger partial charge in [0.25, 0.3) is 5.56 Å².